The van der Waals surface area contributed by atoms with E-state index in [1.54, 1.807) is 26.1 Å². The lowest BCUT2D eigenvalue weighted by molar-refractivity contribution is 0.0984. The summed E-state index contributed by atoms with van der Waals surface area (Å²) in [5.41, 5.74) is 0.470. The molecule has 0 aliphatic heterocycles. The molecule has 0 saturated heterocycles. The zero-order valence-corrected chi connectivity index (χ0v) is 16.1. The highest BCUT2D eigenvalue weighted by Gasteiger charge is 2.23. The van der Waals surface area contributed by atoms with E-state index in [9.17, 15) is 22.0 Å². The summed E-state index contributed by atoms with van der Waals surface area (Å²) in [6.45, 7) is 3.44. The van der Waals surface area contributed by atoms with Gasteiger partial charge in [-0.1, -0.05) is 6.92 Å². The lowest BCUT2D eigenvalue weighted by atomic mass is 10.0. The number of hydrogen-bond donors (Lipinski definition) is 1. The van der Waals surface area contributed by atoms with Crippen molar-refractivity contribution in [1.29, 1.82) is 0 Å². The molecule has 0 saturated carbocycles. The van der Waals surface area contributed by atoms with Crippen molar-refractivity contribution in [2.75, 3.05) is 10.5 Å². The number of anilines is 1. The standard InChI is InChI=1S/C18H18F2N4O3S/c1-3-6-28(26,27)23-14-5-4-13(19)17(18(14)20)15(25)8-12-9-21-16-7-11(2)22-24(16)10-12/h4-5,7,9-10,23H,3,6,8H2,1-2H3. The van der Waals surface area contributed by atoms with Crippen LogP contribution in [0.25, 0.3) is 5.65 Å². The van der Waals surface area contributed by atoms with E-state index < -0.39 is 38.7 Å². The van der Waals surface area contributed by atoms with E-state index in [0.717, 1.165) is 17.8 Å². The summed E-state index contributed by atoms with van der Waals surface area (Å²) in [7, 11) is -3.79. The van der Waals surface area contributed by atoms with Gasteiger partial charge in [-0.05, 0) is 31.0 Å². The number of Topliss-reactive ketones (excluding diaryl/α,β-unsaturated/α-hetero) is 1. The Morgan fingerprint density at radius 1 is 1.29 bits per heavy atom. The molecule has 0 fully saturated rings. The molecule has 0 aliphatic carbocycles. The molecular formula is C18H18F2N4O3S. The molecule has 2 heterocycles. The first kappa shape index (κ1) is 19.9. The van der Waals surface area contributed by atoms with Gasteiger partial charge in [0.1, 0.15) is 5.82 Å². The Bertz CT molecular complexity index is 1160. The lowest BCUT2D eigenvalue weighted by Crippen LogP contribution is -2.19. The van der Waals surface area contributed by atoms with E-state index in [0.29, 0.717) is 17.6 Å². The second kappa shape index (κ2) is 7.63. The SMILES string of the molecule is CCCS(=O)(=O)Nc1ccc(F)c(C(=O)Cc2cnc3cc(C)nn3c2)c1F. The third-order valence-corrected chi connectivity index (χ3v) is 5.44. The van der Waals surface area contributed by atoms with Gasteiger partial charge in [0.15, 0.2) is 17.2 Å². The molecule has 3 aromatic rings. The number of rotatable bonds is 7. The van der Waals surface area contributed by atoms with Crippen molar-refractivity contribution in [3.8, 4) is 0 Å². The lowest BCUT2D eigenvalue weighted by Gasteiger charge is -2.11. The first-order valence-corrected chi connectivity index (χ1v) is 10.2. The highest BCUT2D eigenvalue weighted by atomic mass is 32.2. The number of benzene rings is 1. The molecule has 0 unspecified atom stereocenters. The summed E-state index contributed by atoms with van der Waals surface area (Å²) in [6.07, 6.45) is 2.99. The van der Waals surface area contributed by atoms with E-state index in [4.69, 9.17) is 0 Å². The highest BCUT2D eigenvalue weighted by molar-refractivity contribution is 7.92. The van der Waals surface area contributed by atoms with Crippen molar-refractivity contribution >= 4 is 27.1 Å². The van der Waals surface area contributed by atoms with E-state index in [-0.39, 0.29) is 12.2 Å². The van der Waals surface area contributed by atoms with Crippen LogP contribution in [0.3, 0.4) is 0 Å². The topological polar surface area (TPSA) is 93.4 Å². The second-order valence-electron chi connectivity index (χ2n) is 6.36. The maximum atomic E-state index is 14.7. The molecule has 0 bridgehead atoms. The van der Waals surface area contributed by atoms with Gasteiger partial charge in [-0.3, -0.25) is 9.52 Å². The molecule has 0 radical (unpaired) electrons. The molecule has 148 valence electrons. The summed E-state index contributed by atoms with van der Waals surface area (Å²) in [5.74, 6) is -3.36. The van der Waals surface area contributed by atoms with Gasteiger partial charge in [-0.2, -0.15) is 5.10 Å². The van der Waals surface area contributed by atoms with Gasteiger partial charge in [0.05, 0.1) is 22.7 Å². The van der Waals surface area contributed by atoms with Crippen molar-refractivity contribution in [3.05, 3.63) is 59.0 Å². The first-order chi connectivity index (χ1) is 13.2. The minimum atomic E-state index is -3.79. The molecular weight excluding hydrogens is 390 g/mol. The molecule has 28 heavy (non-hydrogen) atoms. The predicted octanol–water partition coefficient (Wildman–Crippen LogP) is 2.89. The highest BCUT2D eigenvalue weighted by Crippen LogP contribution is 2.24. The average Bonchev–Trinajstić information content (AvgIpc) is 2.96. The van der Waals surface area contributed by atoms with Crippen LogP contribution >= 0.6 is 0 Å². The van der Waals surface area contributed by atoms with E-state index >= 15 is 0 Å². The van der Waals surface area contributed by atoms with Crippen LogP contribution in [-0.2, 0) is 16.4 Å². The Hall–Kier alpha value is -2.88. The molecule has 3 rings (SSSR count). The van der Waals surface area contributed by atoms with Gasteiger partial charge in [0.2, 0.25) is 10.0 Å². The van der Waals surface area contributed by atoms with Crippen LogP contribution in [0.4, 0.5) is 14.5 Å². The fraction of sp³-hybridized carbons (Fsp3) is 0.278. The smallest absolute Gasteiger partial charge is 0.232 e. The van der Waals surface area contributed by atoms with Gasteiger partial charge in [0, 0.05) is 24.9 Å². The van der Waals surface area contributed by atoms with Crippen LogP contribution in [0.2, 0.25) is 0 Å². The summed E-state index contributed by atoms with van der Waals surface area (Å²) in [6, 6.07) is 3.56. The number of fused-ring (bicyclic) bond motifs is 1. The van der Waals surface area contributed by atoms with Crippen LogP contribution in [-0.4, -0.2) is 34.6 Å². The number of carbonyl (C=O) groups is 1. The second-order valence-corrected chi connectivity index (χ2v) is 8.20. The van der Waals surface area contributed by atoms with Crippen LogP contribution in [0, 0.1) is 18.6 Å². The third-order valence-electron chi connectivity index (χ3n) is 3.96. The van der Waals surface area contributed by atoms with Crippen LogP contribution in [0.5, 0.6) is 0 Å². The van der Waals surface area contributed by atoms with Gasteiger partial charge < -0.3 is 0 Å². The molecule has 7 nitrogen and oxygen atoms in total. The Morgan fingerprint density at radius 2 is 2.04 bits per heavy atom. The van der Waals surface area contributed by atoms with Gasteiger partial charge >= 0.3 is 0 Å². The van der Waals surface area contributed by atoms with Gasteiger partial charge in [0.25, 0.3) is 0 Å². The summed E-state index contributed by atoms with van der Waals surface area (Å²) in [5, 5.41) is 4.18. The van der Waals surface area contributed by atoms with Crippen molar-refractivity contribution in [3.63, 3.8) is 0 Å². The normalized spacial score (nSPS) is 11.7. The molecule has 0 atom stereocenters. The minimum Gasteiger partial charge on any atom is -0.294 e. The molecule has 2 aromatic heterocycles. The Balaban J connectivity index is 1.90. The van der Waals surface area contributed by atoms with E-state index in [2.05, 4.69) is 14.8 Å². The largest absolute Gasteiger partial charge is 0.294 e. The maximum absolute atomic E-state index is 14.7. The fourth-order valence-corrected chi connectivity index (χ4v) is 3.91. The first-order valence-electron chi connectivity index (χ1n) is 8.53. The molecule has 0 amide bonds. The van der Waals surface area contributed by atoms with Crippen molar-refractivity contribution in [2.45, 2.75) is 26.7 Å². The van der Waals surface area contributed by atoms with Crippen molar-refractivity contribution in [1.82, 2.24) is 14.6 Å². The molecule has 10 heteroatoms. The van der Waals surface area contributed by atoms with E-state index in [1.165, 1.54) is 10.7 Å². The number of sulfonamides is 1. The third kappa shape index (κ3) is 4.16. The summed E-state index contributed by atoms with van der Waals surface area (Å²) < 4.78 is 56.1. The van der Waals surface area contributed by atoms with Gasteiger partial charge in [-0.15, -0.1) is 0 Å². The zero-order valence-electron chi connectivity index (χ0n) is 15.2. The number of halogens is 2. The Morgan fingerprint density at radius 3 is 2.75 bits per heavy atom. The van der Waals surface area contributed by atoms with E-state index in [1.807, 2.05) is 0 Å². The molecule has 1 N–H and O–H groups in total. The van der Waals surface area contributed by atoms with Crippen LogP contribution in [0.15, 0.2) is 30.6 Å². The summed E-state index contributed by atoms with van der Waals surface area (Å²) in [4.78, 5) is 16.7. The minimum absolute atomic E-state index is 0.220. The molecule has 1 aromatic carbocycles. The zero-order chi connectivity index (χ0) is 20.5. The quantitative estimate of drug-likeness (QED) is 0.607. The van der Waals surface area contributed by atoms with Crippen molar-refractivity contribution in [2.24, 2.45) is 0 Å². The average molecular weight is 408 g/mol. The molecule has 0 spiro atoms. The number of nitrogens with zero attached hydrogens (tertiary/aromatic N) is 3. The number of carbonyl (C=O) groups excluding carboxylic acids is 1. The predicted molar refractivity (Wildman–Crippen MR) is 99.8 cm³/mol. The Labute approximate surface area is 160 Å². The number of hydrogen-bond acceptors (Lipinski definition) is 5. The molecule has 0 aliphatic rings. The number of aromatic nitrogens is 3. The summed E-state index contributed by atoms with van der Waals surface area (Å²) >= 11 is 0. The number of ketones is 1. The Kier molecular flexibility index (Phi) is 5.41. The van der Waals surface area contributed by atoms with Gasteiger partial charge in [-0.25, -0.2) is 26.7 Å². The van der Waals surface area contributed by atoms with Crippen LogP contribution in [0.1, 0.15) is 35.0 Å². The number of nitrogens with one attached hydrogen (secondary N) is 1. The van der Waals surface area contributed by atoms with Crippen LogP contribution < -0.4 is 4.72 Å². The maximum Gasteiger partial charge on any atom is 0.232 e. The number of aryl methyl sites for hydroxylation is 1. The van der Waals surface area contributed by atoms with Crippen molar-refractivity contribution < 1.29 is 22.0 Å². The fourth-order valence-electron chi connectivity index (χ4n) is 2.77. The monoisotopic (exact) mass is 408 g/mol.